The highest BCUT2D eigenvalue weighted by molar-refractivity contribution is 5.85. The molecule has 0 aliphatic carbocycles. The van der Waals surface area contributed by atoms with Gasteiger partial charge in [-0.25, -0.2) is 0 Å². The highest BCUT2D eigenvalue weighted by Crippen LogP contribution is 2.13. The van der Waals surface area contributed by atoms with Crippen molar-refractivity contribution in [1.29, 1.82) is 0 Å². The predicted octanol–water partition coefficient (Wildman–Crippen LogP) is 1.75. The molecule has 0 spiro atoms. The van der Waals surface area contributed by atoms with Gasteiger partial charge in [-0.05, 0) is 31.0 Å². The van der Waals surface area contributed by atoms with E-state index in [1.807, 2.05) is 36.1 Å². The second-order valence-electron chi connectivity index (χ2n) is 4.80. The van der Waals surface area contributed by atoms with Gasteiger partial charge < -0.3 is 15.4 Å². The van der Waals surface area contributed by atoms with Gasteiger partial charge in [-0.1, -0.05) is 12.1 Å². The average molecular weight is 285 g/mol. The van der Waals surface area contributed by atoms with Crippen LogP contribution in [0.15, 0.2) is 24.3 Å². The first-order chi connectivity index (χ1) is 8.65. The minimum atomic E-state index is 0. The van der Waals surface area contributed by atoms with Crippen LogP contribution in [-0.4, -0.2) is 36.5 Å². The number of benzene rings is 1. The van der Waals surface area contributed by atoms with Crippen molar-refractivity contribution in [3.05, 3.63) is 29.8 Å². The quantitative estimate of drug-likeness (QED) is 0.916. The van der Waals surface area contributed by atoms with Crippen molar-refractivity contribution in [2.75, 3.05) is 19.7 Å². The number of carbonyl (C=O) groups is 1. The van der Waals surface area contributed by atoms with Crippen LogP contribution in [0.2, 0.25) is 0 Å². The molecule has 0 radical (unpaired) electrons. The van der Waals surface area contributed by atoms with Crippen LogP contribution in [-0.2, 0) is 4.79 Å². The minimum absolute atomic E-state index is 0. The summed E-state index contributed by atoms with van der Waals surface area (Å²) in [6.45, 7) is 3.91. The second-order valence-corrected chi connectivity index (χ2v) is 4.80. The molecule has 2 N–H and O–H groups in total. The Morgan fingerprint density at radius 3 is 2.95 bits per heavy atom. The van der Waals surface area contributed by atoms with Crippen molar-refractivity contribution < 1.29 is 9.53 Å². The Bertz CT molecular complexity index is 426. The normalized spacial score (nSPS) is 18.0. The number of halogens is 1. The Balaban J connectivity index is 0.00000180. The summed E-state index contributed by atoms with van der Waals surface area (Å²) in [7, 11) is 0. The van der Waals surface area contributed by atoms with E-state index in [2.05, 4.69) is 0 Å². The molecule has 1 fully saturated rings. The van der Waals surface area contributed by atoms with Crippen LogP contribution in [0.25, 0.3) is 0 Å². The van der Waals surface area contributed by atoms with Crippen molar-refractivity contribution in [3.8, 4) is 5.75 Å². The van der Waals surface area contributed by atoms with Crippen LogP contribution in [0.4, 0.5) is 0 Å². The zero-order chi connectivity index (χ0) is 13.0. The molecule has 4 nitrogen and oxygen atoms in total. The van der Waals surface area contributed by atoms with Crippen molar-refractivity contribution >= 4 is 18.3 Å². The molecule has 5 heteroatoms. The van der Waals surface area contributed by atoms with E-state index < -0.39 is 0 Å². The molecule has 1 aromatic rings. The number of aryl methyl sites for hydroxylation is 1. The maximum Gasteiger partial charge on any atom is 0.226 e. The summed E-state index contributed by atoms with van der Waals surface area (Å²) in [6.07, 6.45) is 1.32. The van der Waals surface area contributed by atoms with E-state index in [-0.39, 0.29) is 24.4 Å². The summed E-state index contributed by atoms with van der Waals surface area (Å²) in [5.74, 6) is 0.955. The van der Waals surface area contributed by atoms with Crippen LogP contribution in [0, 0.1) is 6.92 Å². The van der Waals surface area contributed by atoms with Crippen LogP contribution >= 0.6 is 12.4 Å². The molecule has 1 amide bonds. The van der Waals surface area contributed by atoms with Gasteiger partial charge in [-0.15, -0.1) is 12.4 Å². The number of hydrogen-bond acceptors (Lipinski definition) is 3. The third kappa shape index (κ3) is 4.73. The van der Waals surface area contributed by atoms with Crippen LogP contribution in [0.3, 0.4) is 0 Å². The van der Waals surface area contributed by atoms with Gasteiger partial charge in [0.25, 0.3) is 0 Å². The lowest BCUT2D eigenvalue weighted by molar-refractivity contribution is -0.130. The zero-order valence-electron chi connectivity index (χ0n) is 11.2. The molecule has 1 aliphatic heterocycles. The Morgan fingerprint density at radius 1 is 1.53 bits per heavy atom. The molecule has 1 aromatic carbocycles. The average Bonchev–Trinajstić information content (AvgIpc) is 2.76. The maximum absolute atomic E-state index is 11.8. The molecule has 0 bridgehead atoms. The molecular formula is C14H21ClN2O2. The fourth-order valence-electron chi connectivity index (χ4n) is 2.13. The van der Waals surface area contributed by atoms with Gasteiger partial charge in [-0.3, -0.25) is 4.79 Å². The SMILES string of the molecule is Cc1cccc(OCCC(=O)N2CCC(N)C2)c1.Cl. The molecule has 0 aromatic heterocycles. The lowest BCUT2D eigenvalue weighted by Gasteiger charge is -2.15. The first kappa shape index (κ1) is 15.8. The second kappa shape index (κ2) is 7.36. The molecule has 1 heterocycles. The van der Waals surface area contributed by atoms with Crippen molar-refractivity contribution in [1.82, 2.24) is 4.90 Å². The molecule has 1 unspecified atom stereocenters. The third-order valence-electron chi connectivity index (χ3n) is 3.15. The van der Waals surface area contributed by atoms with E-state index in [1.165, 1.54) is 0 Å². The zero-order valence-corrected chi connectivity index (χ0v) is 12.0. The molecule has 0 saturated carbocycles. The van der Waals surface area contributed by atoms with Gasteiger partial charge >= 0.3 is 0 Å². The molecule has 1 aliphatic rings. The van der Waals surface area contributed by atoms with Gasteiger partial charge in [0.15, 0.2) is 0 Å². The van der Waals surface area contributed by atoms with Gasteiger partial charge in [-0.2, -0.15) is 0 Å². The van der Waals surface area contributed by atoms with Gasteiger partial charge in [0, 0.05) is 19.1 Å². The molecule has 106 valence electrons. The number of nitrogens with two attached hydrogens (primary N) is 1. The molecular weight excluding hydrogens is 264 g/mol. The van der Waals surface area contributed by atoms with E-state index in [1.54, 1.807) is 0 Å². The monoisotopic (exact) mass is 284 g/mol. The van der Waals surface area contributed by atoms with Gasteiger partial charge in [0.05, 0.1) is 13.0 Å². The summed E-state index contributed by atoms with van der Waals surface area (Å²) in [6, 6.07) is 7.99. The molecule has 1 saturated heterocycles. The van der Waals surface area contributed by atoms with Gasteiger partial charge in [0.1, 0.15) is 5.75 Å². The summed E-state index contributed by atoms with van der Waals surface area (Å²) >= 11 is 0. The number of ether oxygens (including phenoxy) is 1. The van der Waals surface area contributed by atoms with E-state index in [4.69, 9.17) is 10.5 Å². The highest BCUT2D eigenvalue weighted by Gasteiger charge is 2.22. The van der Waals surface area contributed by atoms with Gasteiger partial charge in [0.2, 0.25) is 5.91 Å². The fourth-order valence-corrected chi connectivity index (χ4v) is 2.13. The van der Waals surface area contributed by atoms with Crippen LogP contribution in [0.1, 0.15) is 18.4 Å². The maximum atomic E-state index is 11.8. The van der Waals surface area contributed by atoms with E-state index in [0.717, 1.165) is 24.3 Å². The van der Waals surface area contributed by atoms with E-state index in [9.17, 15) is 4.79 Å². The highest BCUT2D eigenvalue weighted by atomic mass is 35.5. The van der Waals surface area contributed by atoms with Crippen molar-refractivity contribution in [3.63, 3.8) is 0 Å². The van der Waals surface area contributed by atoms with Crippen molar-refractivity contribution in [2.24, 2.45) is 5.73 Å². The largest absolute Gasteiger partial charge is 0.493 e. The molecule has 2 rings (SSSR count). The Hall–Kier alpha value is -1.26. The lowest BCUT2D eigenvalue weighted by Crippen LogP contribution is -2.32. The number of carbonyl (C=O) groups excluding carboxylic acids is 1. The third-order valence-corrected chi connectivity index (χ3v) is 3.15. The lowest BCUT2D eigenvalue weighted by atomic mass is 10.2. The van der Waals surface area contributed by atoms with Crippen molar-refractivity contribution in [2.45, 2.75) is 25.8 Å². The first-order valence-corrected chi connectivity index (χ1v) is 6.38. The standard InChI is InChI=1S/C14H20N2O2.ClH/c1-11-3-2-4-13(9-11)18-8-6-14(17)16-7-5-12(15)10-16;/h2-4,9,12H,5-8,10,15H2,1H3;1H. The number of likely N-dealkylation sites (tertiary alicyclic amines) is 1. The number of hydrogen-bond donors (Lipinski definition) is 1. The number of rotatable bonds is 4. The molecule has 19 heavy (non-hydrogen) atoms. The smallest absolute Gasteiger partial charge is 0.226 e. The number of nitrogens with zero attached hydrogens (tertiary/aromatic N) is 1. The minimum Gasteiger partial charge on any atom is -0.493 e. The van der Waals surface area contributed by atoms with Crippen LogP contribution < -0.4 is 10.5 Å². The Labute approximate surface area is 120 Å². The Kier molecular flexibility index (Phi) is 6.12. The van der Waals surface area contributed by atoms with E-state index >= 15 is 0 Å². The van der Waals surface area contributed by atoms with Crippen LogP contribution in [0.5, 0.6) is 5.75 Å². The molecule has 1 atom stereocenters. The summed E-state index contributed by atoms with van der Waals surface area (Å²) in [5, 5.41) is 0. The van der Waals surface area contributed by atoms with E-state index in [0.29, 0.717) is 19.6 Å². The number of amides is 1. The summed E-state index contributed by atoms with van der Waals surface area (Å²) in [5.41, 5.74) is 6.93. The Morgan fingerprint density at radius 2 is 2.32 bits per heavy atom. The fraction of sp³-hybridized carbons (Fsp3) is 0.500. The predicted molar refractivity (Wildman–Crippen MR) is 77.7 cm³/mol. The summed E-state index contributed by atoms with van der Waals surface area (Å²) in [4.78, 5) is 13.7. The topological polar surface area (TPSA) is 55.6 Å². The first-order valence-electron chi connectivity index (χ1n) is 6.38. The summed E-state index contributed by atoms with van der Waals surface area (Å²) < 4.78 is 5.57.